The Morgan fingerprint density at radius 1 is 1.31 bits per heavy atom. The third-order valence-corrected chi connectivity index (χ3v) is 9.27. The first kappa shape index (κ1) is 17.6. The minimum Gasteiger partial charge on any atom is -0.327 e. The van der Waals surface area contributed by atoms with Crippen LogP contribution in [0.25, 0.3) is 0 Å². The Labute approximate surface area is 149 Å². The van der Waals surface area contributed by atoms with Gasteiger partial charge in [0.25, 0.3) is 0 Å². The highest BCUT2D eigenvalue weighted by molar-refractivity contribution is 7.94. The number of alkyl halides is 3. The van der Waals surface area contributed by atoms with Crippen molar-refractivity contribution in [1.29, 1.82) is 5.26 Å². The molecular weight excluding hydrogens is 367 g/mol. The van der Waals surface area contributed by atoms with Crippen LogP contribution in [0, 0.1) is 29.1 Å². The molecule has 3 fully saturated rings. The second-order valence-electron chi connectivity index (χ2n) is 7.67. The predicted molar refractivity (Wildman–Crippen MR) is 88.5 cm³/mol. The van der Waals surface area contributed by atoms with Crippen LogP contribution >= 0.6 is 0 Å². The van der Waals surface area contributed by atoms with Crippen molar-refractivity contribution in [2.75, 3.05) is 10.8 Å². The van der Waals surface area contributed by atoms with Crippen molar-refractivity contribution < 1.29 is 21.6 Å². The maximum Gasteiger partial charge on any atom is 0.417 e. The largest absolute Gasteiger partial charge is 0.417 e. The van der Waals surface area contributed by atoms with Crippen LogP contribution in [-0.4, -0.2) is 25.8 Å². The van der Waals surface area contributed by atoms with Crippen molar-refractivity contribution in [3.8, 4) is 6.07 Å². The number of halogens is 3. The van der Waals surface area contributed by atoms with Gasteiger partial charge >= 0.3 is 6.18 Å². The molecule has 5 atom stereocenters. The molecule has 0 radical (unpaired) electrons. The highest BCUT2D eigenvalue weighted by Gasteiger charge is 2.70. The van der Waals surface area contributed by atoms with Gasteiger partial charge in [-0.3, -0.25) is 4.31 Å². The second kappa shape index (κ2) is 5.14. The quantitative estimate of drug-likeness (QED) is 0.805. The van der Waals surface area contributed by atoms with Gasteiger partial charge in [-0.05, 0) is 49.8 Å². The number of nitriles is 1. The summed E-state index contributed by atoms with van der Waals surface area (Å²) < 4.78 is 66.3. The first-order chi connectivity index (χ1) is 12.0. The lowest BCUT2D eigenvalue weighted by atomic mass is 9.77. The summed E-state index contributed by atoms with van der Waals surface area (Å²) in [4.78, 5) is 0. The first-order valence-electron chi connectivity index (χ1n) is 8.41. The first-order valence-corrected chi connectivity index (χ1v) is 9.85. The SMILES string of the molecule is C[C@@]12C(CN(c3ccc(C#N)c(C(F)(F)F)c3)S1(=O)=O)[C@H]1C[C@H](N)[C@@H]2C1. The molecule has 5 nitrogen and oxygen atoms in total. The molecule has 3 aliphatic rings. The number of sulfonamides is 1. The van der Waals surface area contributed by atoms with Crippen LogP contribution in [-0.2, 0) is 16.2 Å². The van der Waals surface area contributed by atoms with E-state index >= 15 is 0 Å². The van der Waals surface area contributed by atoms with Gasteiger partial charge in [0, 0.05) is 18.5 Å². The van der Waals surface area contributed by atoms with E-state index in [0.29, 0.717) is 0 Å². The fraction of sp³-hybridized carbons (Fsp3) is 0.588. The van der Waals surface area contributed by atoms with E-state index in [1.807, 2.05) is 0 Å². The molecule has 140 valence electrons. The number of hydrogen-bond donors (Lipinski definition) is 1. The van der Waals surface area contributed by atoms with Gasteiger partial charge in [-0.15, -0.1) is 0 Å². The van der Waals surface area contributed by atoms with Gasteiger partial charge in [-0.25, -0.2) is 8.42 Å². The van der Waals surface area contributed by atoms with Crippen molar-refractivity contribution in [3.05, 3.63) is 29.3 Å². The Morgan fingerprint density at radius 3 is 2.62 bits per heavy atom. The number of anilines is 1. The topological polar surface area (TPSA) is 87.2 Å². The summed E-state index contributed by atoms with van der Waals surface area (Å²) >= 11 is 0. The van der Waals surface area contributed by atoms with E-state index in [0.717, 1.165) is 29.3 Å². The van der Waals surface area contributed by atoms with Crippen molar-refractivity contribution >= 4 is 15.7 Å². The van der Waals surface area contributed by atoms with Crippen LogP contribution in [0.2, 0.25) is 0 Å². The molecule has 9 heteroatoms. The molecule has 26 heavy (non-hydrogen) atoms. The molecule has 2 saturated carbocycles. The maximum absolute atomic E-state index is 13.3. The van der Waals surface area contributed by atoms with E-state index in [2.05, 4.69) is 0 Å². The lowest BCUT2D eigenvalue weighted by Crippen LogP contribution is -2.51. The summed E-state index contributed by atoms with van der Waals surface area (Å²) in [5.41, 5.74) is 4.44. The third-order valence-electron chi connectivity index (χ3n) is 6.62. The number of benzene rings is 1. The van der Waals surface area contributed by atoms with Gasteiger partial charge in [0.1, 0.15) is 0 Å². The summed E-state index contributed by atoms with van der Waals surface area (Å²) in [5, 5.41) is 8.92. The van der Waals surface area contributed by atoms with Crippen LogP contribution < -0.4 is 10.0 Å². The van der Waals surface area contributed by atoms with Crippen LogP contribution in [0.15, 0.2) is 18.2 Å². The van der Waals surface area contributed by atoms with Gasteiger partial charge in [-0.1, -0.05) is 0 Å². The molecule has 0 spiro atoms. The highest BCUT2D eigenvalue weighted by atomic mass is 32.2. The van der Waals surface area contributed by atoms with E-state index in [4.69, 9.17) is 11.0 Å². The monoisotopic (exact) mass is 385 g/mol. The van der Waals surface area contributed by atoms with E-state index in [9.17, 15) is 21.6 Å². The molecule has 1 aromatic carbocycles. The Morgan fingerprint density at radius 2 is 2.00 bits per heavy atom. The summed E-state index contributed by atoms with van der Waals surface area (Å²) in [6, 6.07) is 4.40. The lowest BCUT2D eigenvalue weighted by molar-refractivity contribution is -0.137. The molecule has 1 aromatic rings. The van der Waals surface area contributed by atoms with Gasteiger partial charge < -0.3 is 5.73 Å². The predicted octanol–water partition coefficient (Wildman–Crippen LogP) is 2.47. The molecular formula is C17H18F3N3O2S. The number of hydrogen-bond acceptors (Lipinski definition) is 4. The van der Waals surface area contributed by atoms with Crippen molar-refractivity contribution in [2.45, 2.75) is 36.7 Å². The zero-order valence-corrected chi connectivity index (χ0v) is 14.8. The molecule has 1 heterocycles. The molecule has 1 aliphatic heterocycles. The van der Waals surface area contributed by atoms with Crippen LogP contribution in [0.4, 0.5) is 18.9 Å². The summed E-state index contributed by atoms with van der Waals surface area (Å²) in [7, 11) is -3.86. The number of nitrogens with two attached hydrogens (primary N) is 1. The summed E-state index contributed by atoms with van der Waals surface area (Å²) in [5.74, 6) is -0.129. The lowest BCUT2D eigenvalue weighted by Gasteiger charge is -2.36. The molecule has 4 rings (SSSR count). The average molecular weight is 385 g/mol. The minimum atomic E-state index is -4.73. The van der Waals surface area contributed by atoms with Gasteiger partial charge in [0.15, 0.2) is 0 Å². The van der Waals surface area contributed by atoms with Crippen LogP contribution in [0.3, 0.4) is 0 Å². The molecule has 1 saturated heterocycles. The fourth-order valence-electron chi connectivity index (χ4n) is 5.33. The van der Waals surface area contributed by atoms with E-state index < -0.39 is 32.1 Å². The Balaban J connectivity index is 1.81. The van der Waals surface area contributed by atoms with Gasteiger partial charge in [0.2, 0.25) is 10.0 Å². The van der Waals surface area contributed by atoms with Crippen molar-refractivity contribution in [3.63, 3.8) is 0 Å². The Bertz CT molecular complexity index is 924. The maximum atomic E-state index is 13.3. The van der Waals surface area contributed by atoms with Gasteiger partial charge in [-0.2, -0.15) is 18.4 Å². The van der Waals surface area contributed by atoms with Gasteiger partial charge in [0.05, 0.1) is 27.6 Å². The highest BCUT2D eigenvalue weighted by Crippen LogP contribution is 2.61. The van der Waals surface area contributed by atoms with Crippen molar-refractivity contribution in [2.24, 2.45) is 23.5 Å². The van der Waals surface area contributed by atoms with Crippen molar-refractivity contribution in [1.82, 2.24) is 0 Å². The van der Waals surface area contributed by atoms with Crippen LogP contribution in [0.1, 0.15) is 30.9 Å². The van der Waals surface area contributed by atoms with E-state index in [1.54, 1.807) is 6.92 Å². The normalized spacial score (nSPS) is 37.6. The number of rotatable bonds is 1. The van der Waals surface area contributed by atoms with E-state index in [1.165, 1.54) is 12.1 Å². The molecule has 1 unspecified atom stereocenters. The number of fused-ring (bicyclic) bond motifs is 5. The average Bonchev–Trinajstić information content (AvgIpc) is 3.13. The standard InChI is InChI=1S/C17H18F3N3O2S/c1-16-13-4-10(5-15(13)22)14(16)8-23(26(16,24)25)11-3-2-9(7-21)12(6-11)17(18,19)20/h2-3,6,10,13-15H,4-5,8,22H2,1H3/t10-,13+,14?,15+,16-/m1/s1. The molecule has 0 aromatic heterocycles. The second-order valence-corrected chi connectivity index (χ2v) is 9.94. The fourth-order valence-corrected chi connectivity index (χ4v) is 7.86. The molecule has 2 bridgehead atoms. The zero-order chi connectivity index (χ0) is 19.1. The van der Waals surface area contributed by atoms with E-state index in [-0.39, 0.29) is 36.0 Å². The molecule has 2 N–H and O–H groups in total. The molecule has 2 aliphatic carbocycles. The smallest absolute Gasteiger partial charge is 0.327 e. The minimum absolute atomic E-state index is 0.0417. The molecule has 0 amide bonds. The Hall–Kier alpha value is -1.79. The third kappa shape index (κ3) is 2.03. The summed E-state index contributed by atoms with van der Waals surface area (Å²) in [6.07, 6.45) is -3.21. The number of nitrogens with zero attached hydrogens (tertiary/aromatic N) is 2. The zero-order valence-electron chi connectivity index (χ0n) is 14.0. The summed E-state index contributed by atoms with van der Waals surface area (Å²) in [6.45, 7) is 1.85. The Kier molecular flexibility index (Phi) is 3.48. The van der Waals surface area contributed by atoms with Crippen LogP contribution in [0.5, 0.6) is 0 Å².